The molecule has 4 heterocycles. The molecule has 3 aromatic heterocycles. The maximum Gasteiger partial charge on any atom is 0.259 e. The summed E-state index contributed by atoms with van der Waals surface area (Å²) < 4.78 is 10.9. The van der Waals surface area contributed by atoms with Crippen LogP contribution in [-0.2, 0) is 0 Å². The van der Waals surface area contributed by atoms with Crippen LogP contribution in [0.15, 0.2) is 62.6 Å². The number of para-hydroxylation sites is 1. The lowest BCUT2D eigenvalue weighted by Crippen LogP contribution is -2.32. The number of furan rings is 1. The quantitative estimate of drug-likeness (QED) is 0.449. The minimum atomic E-state index is -0.0846. The first kappa shape index (κ1) is 18.0. The number of fused-ring (bicyclic) bond motifs is 2. The van der Waals surface area contributed by atoms with Crippen LogP contribution in [0.1, 0.15) is 29.4 Å². The highest BCUT2D eigenvalue weighted by molar-refractivity contribution is 8.00. The van der Waals surface area contributed by atoms with Gasteiger partial charge in [-0.15, -0.1) is 11.8 Å². The first-order chi connectivity index (χ1) is 14.1. The molecule has 146 valence electrons. The van der Waals surface area contributed by atoms with Gasteiger partial charge in [0.1, 0.15) is 5.69 Å². The first-order valence-corrected chi connectivity index (χ1v) is 10.4. The Bertz CT molecular complexity index is 1200. The number of nitrogens with zero attached hydrogens (tertiary/aromatic N) is 3. The van der Waals surface area contributed by atoms with Crippen molar-refractivity contribution in [1.82, 2.24) is 10.1 Å². The van der Waals surface area contributed by atoms with Crippen LogP contribution in [0.3, 0.4) is 0 Å². The van der Waals surface area contributed by atoms with Gasteiger partial charge in [-0.3, -0.25) is 4.79 Å². The summed E-state index contributed by atoms with van der Waals surface area (Å²) in [6.07, 6.45) is 2.49. The average Bonchev–Trinajstić information content (AvgIpc) is 3.35. The molecule has 1 amide bonds. The van der Waals surface area contributed by atoms with Crippen LogP contribution < -0.4 is 4.90 Å². The first-order valence-electron chi connectivity index (χ1n) is 9.50. The maximum atomic E-state index is 13.8. The van der Waals surface area contributed by atoms with Gasteiger partial charge in [0.2, 0.25) is 0 Å². The van der Waals surface area contributed by atoms with Gasteiger partial charge in [0.05, 0.1) is 28.6 Å². The molecule has 5 rings (SSSR count). The Labute approximate surface area is 171 Å². The second-order valence-corrected chi connectivity index (χ2v) is 8.60. The minimum absolute atomic E-state index is 0.0846. The van der Waals surface area contributed by atoms with Crippen molar-refractivity contribution in [3.63, 3.8) is 0 Å². The van der Waals surface area contributed by atoms with E-state index in [4.69, 9.17) is 8.94 Å². The largest absolute Gasteiger partial charge is 0.463 e. The van der Waals surface area contributed by atoms with Crippen LogP contribution in [0.2, 0.25) is 0 Å². The van der Waals surface area contributed by atoms with Crippen LogP contribution in [-0.4, -0.2) is 27.8 Å². The molecule has 1 atom stereocenters. The fraction of sp³-hybridized carbons (Fsp3) is 0.227. The lowest BCUT2D eigenvalue weighted by molar-refractivity contribution is 0.0988. The molecule has 0 fully saturated rings. The summed E-state index contributed by atoms with van der Waals surface area (Å²) in [7, 11) is 0. The zero-order valence-corrected chi connectivity index (χ0v) is 16.9. The number of aromatic nitrogens is 2. The van der Waals surface area contributed by atoms with Crippen molar-refractivity contribution in [2.45, 2.75) is 30.4 Å². The van der Waals surface area contributed by atoms with E-state index >= 15 is 0 Å². The minimum Gasteiger partial charge on any atom is -0.463 e. The van der Waals surface area contributed by atoms with E-state index in [9.17, 15) is 4.79 Å². The molecule has 7 heteroatoms. The van der Waals surface area contributed by atoms with Crippen molar-refractivity contribution in [2.75, 3.05) is 11.4 Å². The number of aryl methyl sites for hydroxylation is 1. The zero-order valence-electron chi connectivity index (χ0n) is 16.1. The Morgan fingerprint density at radius 2 is 2.10 bits per heavy atom. The fourth-order valence-electron chi connectivity index (χ4n) is 3.66. The van der Waals surface area contributed by atoms with Crippen molar-refractivity contribution >= 4 is 34.5 Å². The van der Waals surface area contributed by atoms with Crippen molar-refractivity contribution in [3.05, 3.63) is 60.0 Å². The Balaban J connectivity index is 1.67. The molecule has 0 bridgehead atoms. The molecule has 4 aromatic rings. The van der Waals surface area contributed by atoms with Gasteiger partial charge < -0.3 is 13.8 Å². The molecule has 1 unspecified atom stereocenters. The van der Waals surface area contributed by atoms with Gasteiger partial charge in [-0.1, -0.05) is 24.2 Å². The molecule has 1 aliphatic rings. The van der Waals surface area contributed by atoms with Gasteiger partial charge in [-0.05, 0) is 43.7 Å². The zero-order chi connectivity index (χ0) is 20.0. The van der Waals surface area contributed by atoms with E-state index in [-0.39, 0.29) is 5.91 Å². The molecule has 0 saturated heterocycles. The molecule has 0 saturated carbocycles. The smallest absolute Gasteiger partial charge is 0.259 e. The van der Waals surface area contributed by atoms with Crippen molar-refractivity contribution in [1.29, 1.82) is 0 Å². The van der Waals surface area contributed by atoms with Gasteiger partial charge >= 0.3 is 0 Å². The maximum absolute atomic E-state index is 13.8. The number of anilines is 1. The predicted octanol–water partition coefficient (Wildman–Crippen LogP) is 5.32. The molecule has 29 heavy (non-hydrogen) atoms. The molecule has 0 N–H and O–H groups in total. The van der Waals surface area contributed by atoms with Gasteiger partial charge in [0, 0.05) is 16.7 Å². The highest BCUT2D eigenvalue weighted by atomic mass is 32.2. The number of hydrogen-bond acceptors (Lipinski definition) is 6. The number of thioether (sulfide) groups is 1. The molecular weight excluding hydrogens is 386 g/mol. The summed E-state index contributed by atoms with van der Waals surface area (Å²) >= 11 is 1.81. The third-order valence-electron chi connectivity index (χ3n) is 5.11. The third-order valence-corrected chi connectivity index (χ3v) is 6.35. The fourth-order valence-corrected chi connectivity index (χ4v) is 4.77. The van der Waals surface area contributed by atoms with Gasteiger partial charge in [-0.25, -0.2) is 4.98 Å². The monoisotopic (exact) mass is 405 g/mol. The molecule has 0 radical (unpaired) electrons. The topological polar surface area (TPSA) is 72.4 Å². The number of amides is 1. The SMILES string of the molecule is Cc1noc2nc(-c3ccco3)cc(C(=O)N3CCC(C)Sc4ccccc43)c12. The van der Waals surface area contributed by atoms with Crippen LogP contribution in [0.5, 0.6) is 0 Å². The highest BCUT2D eigenvalue weighted by Gasteiger charge is 2.28. The lowest BCUT2D eigenvalue weighted by atomic mass is 10.1. The van der Waals surface area contributed by atoms with E-state index < -0.39 is 0 Å². The number of hydrogen-bond donors (Lipinski definition) is 0. The third kappa shape index (κ3) is 3.11. The summed E-state index contributed by atoms with van der Waals surface area (Å²) in [5.41, 5.74) is 2.99. The van der Waals surface area contributed by atoms with E-state index in [1.807, 2.05) is 36.1 Å². The Hall–Kier alpha value is -3.06. The average molecular weight is 405 g/mol. The molecule has 0 aliphatic carbocycles. The van der Waals surface area contributed by atoms with E-state index in [0.717, 1.165) is 17.0 Å². The summed E-state index contributed by atoms with van der Waals surface area (Å²) in [5.74, 6) is 0.495. The standard InChI is InChI=1S/C22H19N3O3S/c1-13-9-10-25(17-6-3-4-8-19(17)29-13)22(26)15-12-16(18-7-5-11-27-18)23-21-20(15)14(2)24-28-21/h3-8,11-13H,9-10H2,1-2H3. The lowest BCUT2D eigenvalue weighted by Gasteiger charge is -2.23. The van der Waals surface area contributed by atoms with Gasteiger partial charge in [0.15, 0.2) is 5.76 Å². The Kier molecular flexibility index (Phi) is 4.39. The van der Waals surface area contributed by atoms with Crippen LogP contribution in [0.4, 0.5) is 5.69 Å². The molecular formula is C22H19N3O3S. The predicted molar refractivity (Wildman–Crippen MR) is 112 cm³/mol. The number of benzene rings is 1. The second-order valence-electron chi connectivity index (χ2n) is 7.12. The second kappa shape index (κ2) is 7.08. The molecule has 0 spiro atoms. The van der Waals surface area contributed by atoms with Crippen LogP contribution in [0, 0.1) is 6.92 Å². The van der Waals surface area contributed by atoms with Crippen LogP contribution in [0.25, 0.3) is 22.6 Å². The summed E-state index contributed by atoms with van der Waals surface area (Å²) in [5, 5.41) is 5.12. The Morgan fingerprint density at radius 3 is 2.93 bits per heavy atom. The van der Waals surface area contributed by atoms with E-state index in [1.165, 1.54) is 0 Å². The normalized spacial score (nSPS) is 16.6. The van der Waals surface area contributed by atoms with Crippen LogP contribution >= 0.6 is 11.8 Å². The van der Waals surface area contributed by atoms with E-state index in [1.54, 1.807) is 30.2 Å². The van der Waals surface area contributed by atoms with E-state index in [2.05, 4.69) is 23.1 Å². The summed E-state index contributed by atoms with van der Waals surface area (Å²) in [4.78, 5) is 21.3. The number of carbonyl (C=O) groups excluding carboxylic acids is 1. The molecule has 1 aromatic carbocycles. The number of rotatable bonds is 2. The number of carbonyl (C=O) groups is 1. The number of pyridine rings is 1. The highest BCUT2D eigenvalue weighted by Crippen LogP contribution is 2.38. The summed E-state index contributed by atoms with van der Waals surface area (Å²) in [6, 6.07) is 13.4. The summed E-state index contributed by atoms with van der Waals surface area (Å²) in [6.45, 7) is 4.67. The van der Waals surface area contributed by atoms with Gasteiger partial charge in [-0.2, -0.15) is 0 Å². The van der Waals surface area contributed by atoms with Crippen molar-refractivity contribution < 1.29 is 13.7 Å². The molecule has 6 nitrogen and oxygen atoms in total. The van der Waals surface area contributed by atoms with Gasteiger partial charge in [0.25, 0.3) is 11.6 Å². The van der Waals surface area contributed by atoms with Crippen molar-refractivity contribution in [3.8, 4) is 11.5 Å². The van der Waals surface area contributed by atoms with Crippen molar-refractivity contribution in [2.24, 2.45) is 0 Å². The Morgan fingerprint density at radius 1 is 1.24 bits per heavy atom. The molecule has 1 aliphatic heterocycles. The van der Waals surface area contributed by atoms with E-state index in [0.29, 0.717) is 45.6 Å².